The second-order valence-corrected chi connectivity index (χ2v) is 5.94. The van der Waals surface area contributed by atoms with Gasteiger partial charge in [-0.25, -0.2) is 13.2 Å². The first-order valence-electron chi connectivity index (χ1n) is 5.79. The molecule has 6 nitrogen and oxygen atoms in total. The predicted octanol–water partition coefficient (Wildman–Crippen LogP) is 1.57. The fraction of sp³-hybridized carbons (Fsp3) is 0.417. The average molecular weight is 287 g/mol. The van der Waals surface area contributed by atoms with Crippen molar-refractivity contribution in [3.8, 4) is 5.75 Å². The molecule has 1 rings (SSSR count). The van der Waals surface area contributed by atoms with Crippen molar-refractivity contribution >= 4 is 21.7 Å². The molecule has 106 valence electrons. The Morgan fingerprint density at radius 1 is 1.37 bits per heavy atom. The van der Waals surface area contributed by atoms with E-state index in [1.165, 1.54) is 29.6 Å². The summed E-state index contributed by atoms with van der Waals surface area (Å²) in [5, 5.41) is 8.91. The number of carboxylic acid groups (broad SMARTS) is 1. The maximum absolute atomic E-state index is 12.0. The topological polar surface area (TPSA) is 83.9 Å². The smallest absolute Gasteiger partial charge is 0.335 e. The van der Waals surface area contributed by atoms with E-state index in [0.717, 1.165) is 0 Å². The van der Waals surface area contributed by atoms with Crippen molar-refractivity contribution in [3.05, 3.63) is 23.8 Å². The molecule has 1 aromatic carbocycles. The average Bonchev–Trinajstić information content (AvgIpc) is 2.39. The Balaban J connectivity index is 3.37. The zero-order valence-electron chi connectivity index (χ0n) is 11.1. The summed E-state index contributed by atoms with van der Waals surface area (Å²) in [6, 6.07) is 4.11. The SMILES string of the molecule is CCN(c1ccc(C(=O)O)cc1OC)S(=O)(=O)CC. The van der Waals surface area contributed by atoms with Crippen LogP contribution >= 0.6 is 0 Å². The number of benzene rings is 1. The van der Waals surface area contributed by atoms with Crippen molar-refractivity contribution in [2.75, 3.05) is 23.7 Å². The standard InChI is InChI=1S/C12H17NO5S/c1-4-13(19(16,17)5-2)10-7-6-9(12(14)15)8-11(10)18-3/h6-8H,4-5H2,1-3H3,(H,14,15). The summed E-state index contributed by atoms with van der Waals surface area (Å²) in [6.45, 7) is 3.51. The molecule has 0 aliphatic carbocycles. The minimum Gasteiger partial charge on any atom is -0.495 e. The van der Waals surface area contributed by atoms with E-state index in [1.54, 1.807) is 13.8 Å². The largest absolute Gasteiger partial charge is 0.495 e. The number of ether oxygens (including phenoxy) is 1. The van der Waals surface area contributed by atoms with Gasteiger partial charge in [0.1, 0.15) is 5.75 Å². The Morgan fingerprint density at radius 2 is 2.00 bits per heavy atom. The number of anilines is 1. The van der Waals surface area contributed by atoms with Crippen LogP contribution in [0.1, 0.15) is 24.2 Å². The summed E-state index contributed by atoms with van der Waals surface area (Å²) in [6.07, 6.45) is 0. The van der Waals surface area contributed by atoms with Crippen LogP contribution in [-0.4, -0.2) is 38.9 Å². The molecule has 0 saturated heterocycles. The normalized spacial score (nSPS) is 11.1. The first-order chi connectivity index (χ1) is 8.87. The van der Waals surface area contributed by atoms with Crippen molar-refractivity contribution < 1.29 is 23.1 Å². The quantitative estimate of drug-likeness (QED) is 0.858. The van der Waals surface area contributed by atoms with Crippen LogP contribution in [0.4, 0.5) is 5.69 Å². The Kier molecular flexibility index (Phi) is 4.77. The van der Waals surface area contributed by atoms with Crippen LogP contribution in [-0.2, 0) is 10.0 Å². The molecule has 0 aliphatic heterocycles. The molecule has 0 atom stereocenters. The van der Waals surface area contributed by atoms with Crippen molar-refractivity contribution in [1.29, 1.82) is 0 Å². The Bertz CT molecular complexity index is 567. The second kappa shape index (κ2) is 5.92. The lowest BCUT2D eigenvalue weighted by Gasteiger charge is -2.24. The molecule has 0 fully saturated rings. The van der Waals surface area contributed by atoms with Gasteiger partial charge >= 0.3 is 5.97 Å². The lowest BCUT2D eigenvalue weighted by atomic mass is 10.2. The van der Waals surface area contributed by atoms with Crippen LogP contribution in [0.15, 0.2) is 18.2 Å². The molecule has 19 heavy (non-hydrogen) atoms. The minimum absolute atomic E-state index is 0.0370. The Labute approximate surface area is 112 Å². The van der Waals surface area contributed by atoms with Crippen LogP contribution in [0.5, 0.6) is 5.75 Å². The van der Waals surface area contributed by atoms with E-state index in [1.807, 2.05) is 0 Å². The molecular weight excluding hydrogens is 270 g/mol. The van der Waals surface area contributed by atoms with E-state index >= 15 is 0 Å². The van der Waals surface area contributed by atoms with Gasteiger partial charge in [0.15, 0.2) is 0 Å². The van der Waals surface area contributed by atoms with Crippen LogP contribution in [0.3, 0.4) is 0 Å². The number of nitrogens with zero attached hydrogens (tertiary/aromatic N) is 1. The fourth-order valence-electron chi connectivity index (χ4n) is 1.69. The van der Waals surface area contributed by atoms with Crippen LogP contribution in [0.2, 0.25) is 0 Å². The van der Waals surface area contributed by atoms with Gasteiger partial charge in [0.2, 0.25) is 10.0 Å². The Morgan fingerprint density at radius 3 is 2.42 bits per heavy atom. The molecule has 0 amide bonds. The van der Waals surface area contributed by atoms with Crippen LogP contribution < -0.4 is 9.04 Å². The van der Waals surface area contributed by atoms with E-state index in [2.05, 4.69) is 0 Å². The molecule has 0 heterocycles. The van der Waals surface area contributed by atoms with E-state index < -0.39 is 16.0 Å². The van der Waals surface area contributed by atoms with E-state index in [9.17, 15) is 13.2 Å². The molecule has 0 aromatic heterocycles. The summed E-state index contributed by atoms with van der Waals surface area (Å²) in [4.78, 5) is 10.9. The van der Waals surface area contributed by atoms with E-state index in [0.29, 0.717) is 5.69 Å². The van der Waals surface area contributed by atoms with Gasteiger partial charge in [0.05, 0.1) is 24.1 Å². The second-order valence-electron chi connectivity index (χ2n) is 3.76. The number of hydrogen-bond donors (Lipinski definition) is 1. The molecule has 0 bridgehead atoms. The molecular formula is C12H17NO5S. The number of hydrogen-bond acceptors (Lipinski definition) is 4. The highest BCUT2D eigenvalue weighted by atomic mass is 32.2. The molecule has 1 N–H and O–H groups in total. The highest BCUT2D eigenvalue weighted by Crippen LogP contribution is 2.31. The van der Waals surface area contributed by atoms with Gasteiger partial charge in [-0.2, -0.15) is 0 Å². The van der Waals surface area contributed by atoms with Crippen molar-refractivity contribution in [2.24, 2.45) is 0 Å². The molecule has 1 aromatic rings. The van der Waals surface area contributed by atoms with Gasteiger partial charge in [-0.3, -0.25) is 4.31 Å². The monoisotopic (exact) mass is 287 g/mol. The van der Waals surface area contributed by atoms with Crippen molar-refractivity contribution in [3.63, 3.8) is 0 Å². The predicted molar refractivity (Wildman–Crippen MR) is 72.4 cm³/mol. The summed E-state index contributed by atoms with van der Waals surface area (Å²) in [5.74, 6) is -0.907. The van der Waals surface area contributed by atoms with Crippen LogP contribution in [0.25, 0.3) is 0 Å². The lowest BCUT2D eigenvalue weighted by molar-refractivity contribution is 0.0696. The number of methoxy groups -OCH3 is 1. The highest BCUT2D eigenvalue weighted by Gasteiger charge is 2.22. The van der Waals surface area contributed by atoms with Gasteiger partial charge in [-0.05, 0) is 32.0 Å². The third kappa shape index (κ3) is 3.17. The minimum atomic E-state index is -3.42. The van der Waals surface area contributed by atoms with Gasteiger partial charge in [0, 0.05) is 6.54 Å². The van der Waals surface area contributed by atoms with Crippen LogP contribution in [0, 0.1) is 0 Å². The lowest BCUT2D eigenvalue weighted by Crippen LogP contribution is -2.32. The molecule has 0 aliphatic rings. The third-order valence-electron chi connectivity index (χ3n) is 2.68. The highest BCUT2D eigenvalue weighted by molar-refractivity contribution is 7.92. The zero-order valence-corrected chi connectivity index (χ0v) is 11.9. The summed E-state index contributed by atoms with van der Waals surface area (Å²) in [5.41, 5.74) is 0.391. The van der Waals surface area contributed by atoms with E-state index in [-0.39, 0.29) is 23.6 Å². The van der Waals surface area contributed by atoms with Crippen molar-refractivity contribution in [2.45, 2.75) is 13.8 Å². The maximum atomic E-state index is 12.0. The molecule has 0 unspecified atom stereocenters. The number of carbonyl (C=O) groups is 1. The fourth-order valence-corrected chi connectivity index (χ4v) is 2.84. The van der Waals surface area contributed by atoms with E-state index in [4.69, 9.17) is 9.84 Å². The summed E-state index contributed by atoms with van der Waals surface area (Å²) < 4.78 is 30.2. The van der Waals surface area contributed by atoms with Gasteiger partial charge in [-0.1, -0.05) is 0 Å². The number of carboxylic acids is 1. The molecule has 0 spiro atoms. The first kappa shape index (κ1) is 15.3. The van der Waals surface area contributed by atoms with Crippen molar-refractivity contribution in [1.82, 2.24) is 0 Å². The Hall–Kier alpha value is -1.76. The maximum Gasteiger partial charge on any atom is 0.335 e. The molecule has 7 heteroatoms. The number of rotatable bonds is 6. The first-order valence-corrected chi connectivity index (χ1v) is 7.40. The third-order valence-corrected chi connectivity index (χ3v) is 4.54. The summed E-state index contributed by atoms with van der Waals surface area (Å²) in [7, 11) is -2.05. The number of aromatic carboxylic acids is 1. The van der Waals surface area contributed by atoms with Gasteiger partial charge < -0.3 is 9.84 Å². The zero-order chi connectivity index (χ0) is 14.6. The number of sulfonamides is 1. The summed E-state index contributed by atoms with van der Waals surface area (Å²) >= 11 is 0. The molecule has 0 radical (unpaired) electrons. The molecule has 0 saturated carbocycles. The van der Waals surface area contributed by atoms with Gasteiger partial charge in [-0.15, -0.1) is 0 Å². The van der Waals surface area contributed by atoms with Gasteiger partial charge in [0.25, 0.3) is 0 Å².